The van der Waals surface area contributed by atoms with Crippen molar-refractivity contribution in [1.82, 2.24) is 20.9 Å². The molecule has 4 N–H and O–H groups in total. The Morgan fingerprint density at radius 2 is 1.38 bits per heavy atom. The molecule has 4 aliphatic rings. The van der Waals surface area contributed by atoms with Crippen LogP contribution in [0.15, 0.2) is 0 Å². The maximum Gasteiger partial charge on any atom is 0.223 e. The largest absolute Gasteiger partial charge is 0.389 e. The lowest BCUT2D eigenvalue weighted by Gasteiger charge is -2.50. The van der Waals surface area contributed by atoms with Gasteiger partial charge in [0.05, 0.1) is 18.8 Å². The molecule has 4 rings (SSSR count). The van der Waals surface area contributed by atoms with E-state index in [9.17, 15) is 14.7 Å². The van der Waals surface area contributed by atoms with E-state index in [1.54, 1.807) is 0 Å². The number of hydrogen-bond acceptors (Lipinski definition) is 6. The van der Waals surface area contributed by atoms with Crippen LogP contribution in [0.5, 0.6) is 0 Å². The first-order valence-electron chi connectivity index (χ1n) is 19.4. The van der Waals surface area contributed by atoms with Gasteiger partial charge < -0.3 is 30.7 Å². The molecule has 0 aromatic heterocycles. The minimum atomic E-state index is -0.328. The van der Waals surface area contributed by atoms with E-state index in [1.807, 2.05) is 4.90 Å². The first kappa shape index (κ1) is 41.9. The molecule has 0 aromatic carbocycles. The van der Waals surface area contributed by atoms with Crippen LogP contribution < -0.4 is 16.0 Å². The van der Waals surface area contributed by atoms with E-state index in [-0.39, 0.29) is 18.1 Å². The quantitative estimate of drug-likeness (QED) is 0.262. The number of nitrogens with one attached hydrogen (secondary N) is 3. The summed E-state index contributed by atoms with van der Waals surface area (Å²) in [5, 5.41) is 20.2. The predicted octanol–water partition coefficient (Wildman–Crippen LogP) is 6.11. The molecule has 0 aliphatic carbocycles. The van der Waals surface area contributed by atoms with Crippen LogP contribution in [-0.4, -0.2) is 84.4 Å². The molecule has 2 amide bonds. The molecule has 0 aromatic rings. The highest BCUT2D eigenvalue weighted by Gasteiger charge is 2.45. The molecule has 9 atom stereocenters. The molecule has 8 nitrogen and oxygen atoms in total. The second-order valence-corrected chi connectivity index (χ2v) is 17.0. The average molecular weight is 665 g/mol. The highest BCUT2D eigenvalue weighted by molar-refractivity contribution is 5.76. The molecule has 0 radical (unpaired) electrons. The number of carbonyl (C=O) groups excluding carboxylic acids is 2. The van der Waals surface area contributed by atoms with E-state index in [1.165, 1.54) is 6.42 Å². The van der Waals surface area contributed by atoms with Crippen molar-refractivity contribution in [3.05, 3.63) is 0 Å². The van der Waals surface area contributed by atoms with E-state index in [0.717, 1.165) is 32.5 Å². The summed E-state index contributed by atoms with van der Waals surface area (Å²) in [7, 11) is 0. The Hall–Kier alpha value is -1.22. The summed E-state index contributed by atoms with van der Waals surface area (Å²) in [6, 6.07) is 1.61. The average Bonchev–Trinajstić information content (AvgIpc) is 3.19. The molecule has 9 unspecified atom stereocenters. The van der Waals surface area contributed by atoms with E-state index >= 15 is 0 Å². The molecule has 47 heavy (non-hydrogen) atoms. The van der Waals surface area contributed by atoms with Gasteiger partial charge in [0.15, 0.2) is 0 Å². The summed E-state index contributed by atoms with van der Waals surface area (Å²) in [5.41, 5.74) is 0. The predicted molar refractivity (Wildman–Crippen MR) is 195 cm³/mol. The van der Waals surface area contributed by atoms with Gasteiger partial charge in [-0.3, -0.25) is 9.59 Å². The molecule has 0 spiro atoms. The van der Waals surface area contributed by atoms with E-state index < -0.39 is 0 Å². The van der Waals surface area contributed by atoms with Crippen molar-refractivity contribution < 1.29 is 19.4 Å². The minimum Gasteiger partial charge on any atom is -0.389 e. The number of fused-ring (bicyclic) bond motifs is 2. The first-order chi connectivity index (χ1) is 22.0. The lowest BCUT2D eigenvalue weighted by atomic mass is 9.72. The summed E-state index contributed by atoms with van der Waals surface area (Å²) < 4.78 is 5.83. The van der Waals surface area contributed by atoms with Crippen molar-refractivity contribution in [3.8, 4) is 0 Å². The fourth-order valence-electron chi connectivity index (χ4n) is 8.57. The highest BCUT2D eigenvalue weighted by atomic mass is 16.5. The third-order valence-electron chi connectivity index (χ3n) is 11.4. The summed E-state index contributed by atoms with van der Waals surface area (Å²) in [6.45, 7) is 32.2. The van der Waals surface area contributed by atoms with Gasteiger partial charge in [0.25, 0.3) is 0 Å². The van der Waals surface area contributed by atoms with Gasteiger partial charge in [-0.25, -0.2) is 0 Å². The Morgan fingerprint density at radius 1 is 0.787 bits per heavy atom. The van der Waals surface area contributed by atoms with Crippen molar-refractivity contribution in [2.75, 3.05) is 26.2 Å². The van der Waals surface area contributed by atoms with E-state index in [2.05, 4.69) is 106 Å². The second kappa shape index (κ2) is 19.8. The van der Waals surface area contributed by atoms with Crippen LogP contribution in [0.1, 0.15) is 122 Å². The monoisotopic (exact) mass is 665 g/mol. The van der Waals surface area contributed by atoms with Crippen LogP contribution in [0.3, 0.4) is 0 Å². The van der Waals surface area contributed by atoms with Crippen molar-refractivity contribution in [1.29, 1.82) is 0 Å². The number of aliphatic hydroxyl groups is 1. The van der Waals surface area contributed by atoms with Crippen LogP contribution in [0.2, 0.25) is 0 Å². The zero-order chi connectivity index (χ0) is 35.6. The highest BCUT2D eigenvalue weighted by Crippen LogP contribution is 2.36. The van der Waals surface area contributed by atoms with Gasteiger partial charge in [0.2, 0.25) is 11.8 Å². The number of nitrogens with zero attached hydrogens (tertiary/aromatic N) is 1. The molecule has 276 valence electrons. The van der Waals surface area contributed by atoms with Gasteiger partial charge in [-0.15, -0.1) is 0 Å². The molecule has 8 heteroatoms. The van der Waals surface area contributed by atoms with Gasteiger partial charge in [-0.1, -0.05) is 83.1 Å². The Morgan fingerprint density at radius 3 is 1.89 bits per heavy atom. The summed E-state index contributed by atoms with van der Waals surface area (Å²) in [6.07, 6.45) is 4.58. The van der Waals surface area contributed by atoms with Crippen molar-refractivity contribution >= 4 is 11.8 Å². The van der Waals surface area contributed by atoms with Gasteiger partial charge in [-0.05, 0) is 73.5 Å². The molecule has 4 heterocycles. The van der Waals surface area contributed by atoms with Crippen LogP contribution in [0.4, 0.5) is 0 Å². The molecule has 0 saturated carbocycles. The summed E-state index contributed by atoms with van der Waals surface area (Å²) in [4.78, 5) is 25.4. The third kappa shape index (κ3) is 12.3. The zero-order valence-electron chi connectivity index (χ0n) is 32.6. The van der Waals surface area contributed by atoms with Gasteiger partial charge >= 0.3 is 0 Å². The van der Waals surface area contributed by atoms with Gasteiger partial charge in [0.1, 0.15) is 0 Å². The Bertz CT molecular complexity index is 923. The van der Waals surface area contributed by atoms with Crippen LogP contribution in [0.25, 0.3) is 0 Å². The Balaban J connectivity index is 0.000000246. The molecule has 2 bridgehead atoms. The van der Waals surface area contributed by atoms with Gasteiger partial charge in [-0.2, -0.15) is 0 Å². The Kier molecular flexibility index (Phi) is 17.7. The number of ether oxygens (including phenoxy) is 1. The van der Waals surface area contributed by atoms with Crippen molar-refractivity contribution in [3.63, 3.8) is 0 Å². The standard InChI is InChI=1S/C14H28N2O.C13H25NO2.C12H23NO/c1-6-16-9-12(10(2)3)14(11(4)5)15-8-7-13(16)17;1-7(2)12-11-5-9(10(15)6-16-11)14-13(12)8(3)4;1-8(2)10-6-5-7-11(14)13-12(10)9(3)4/h10-12,14-15H,6-9H2,1-5H3;7-15H,5-6H2,1-4H3;8-10,12H,5-7H2,1-4H3,(H,13,14). The first-order valence-corrected chi connectivity index (χ1v) is 19.4. The van der Waals surface area contributed by atoms with Crippen molar-refractivity contribution in [2.45, 2.75) is 158 Å². The fraction of sp³-hybridized carbons (Fsp3) is 0.949. The molecule has 4 aliphatic heterocycles. The number of piperidine rings is 1. The molecule has 4 fully saturated rings. The Labute approximate surface area is 289 Å². The van der Waals surface area contributed by atoms with Crippen LogP contribution in [-0.2, 0) is 14.3 Å². The number of rotatable bonds is 7. The lowest BCUT2D eigenvalue weighted by Crippen LogP contribution is -2.64. The number of carbonyl (C=O) groups is 2. The van der Waals surface area contributed by atoms with Crippen LogP contribution in [0, 0.1) is 53.3 Å². The summed E-state index contributed by atoms with van der Waals surface area (Å²) >= 11 is 0. The SMILES string of the molecule is CC(C)C1CCCC(=O)NC1C(C)C.CC(C)C1NC2CC(OCC2O)C1C(C)C.CCN1CC(C(C)C)C(C(C)C)NCCC1=O. The number of hydrogen-bond donors (Lipinski definition) is 4. The van der Waals surface area contributed by atoms with Crippen molar-refractivity contribution in [2.24, 2.45) is 53.3 Å². The number of amides is 2. The fourth-order valence-corrected chi connectivity index (χ4v) is 8.57. The molecule has 4 saturated heterocycles. The number of aliphatic hydroxyl groups excluding tert-OH is 1. The maximum atomic E-state index is 11.9. The maximum absolute atomic E-state index is 11.9. The molecular formula is C39H76N4O4. The third-order valence-corrected chi connectivity index (χ3v) is 11.4. The second-order valence-electron chi connectivity index (χ2n) is 17.0. The minimum absolute atomic E-state index is 0.237. The lowest BCUT2D eigenvalue weighted by molar-refractivity contribution is -0.139. The van der Waals surface area contributed by atoms with Crippen LogP contribution >= 0.6 is 0 Å². The normalized spacial score (nSPS) is 33.6. The van der Waals surface area contributed by atoms with Gasteiger partial charge in [0, 0.05) is 62.6 Å². The zero-order valence-corrected chi connectivity index (χ0v) is 32.6. The smallest absolute Gasteiger partial charge is 0.223 e. The van der Waals surface area contributed by atoms with E-state index in [0.29, 0.717) is 103 Å². The topological polar surface area (TPSA) is 103 Å². The summed E-state index contributed by atoms with van der Waals surface area (Å²) in [5.74, 6) is 5.98. The molecular weight excluding hydrogens is 588 g/mol. The van der Waals surface area contributed by atoms with E-state index in [4.69, 9.17) is 4.74 Å².